The summed E-state index contributed by atoms with van der Waals surface area (Å²) in [5.41, 5.74) is 0.723. The van der Waals surface area contributed by atoms with Crippen molar-refractivity contribution < 1.29 is 13.2 Å². The van der Waals surface area contributed by atoms with E-state index in [1.165, 1.54) is 12.1 Å². The van der Waals surface area contributed by atoms with E-state index in [-0.39, 0.29) is 11.3 Å². The van der Waals surface area contributed by atoms with Crippen molar-refractivity contribution >= 4 is 21.8 Å². The normalized spacial score (nSPS) is 11.8. The molecule has 25 heavy (non-hydrogen) atoms. The Morgan fingerprint density at radius 3 is 1.88 bits per heavy atom. The lowest BCUT2D eigenvalue weighted by Gasteiger charge is -2.16. The lowest BCUT2D eigenvalue weighted by atomic mass is 10.1. The van der Waals surface area contributed by atoms with E-state index in [2.05, 4.69) is 0 Å². The first-order valence-electron chi connectivity index (χ1n) is 7.60. The van der Waals surface area contributed by atoms with Crippen LogP contribution in [-0.2, 0) is 6.18 Å². The standard InChI is InChI=1S/C20H11F3N2/c21-20(22,23)16-10-9-13(12-24)11-19(16)25-17-7-3-1-5-14(17)15-6-2-4-8-18(15)25/h1-11H. The van der Waals surface area contributed by atoms with Crippen molar-refractivity contribution in [1.82, 2.24) is 4.57 Å². The van der Waals surface area contributed by atoms with E-state index in [0.717, 1.165) is 16.8 Å². The summed E-state index contributed by atoms with van der Waals surface area (Å²) >= 11 is 0. The Bertz CT molecular complexity index is 1090. The fourth-order valence-corrected chi connectivity index (χ4v) is 3.21. The van der Waals surface area contributed by atoms with E-state index in [1.807, 2.05) is 30.3 Å². The molecule has 0 saturated heterocycles. The molecule has 4 rings (SSSR count). The van der Waals surface area contributed by atoms with Crippen LogP contribution in [0, 0.1) is 11.3 Å². The van der Waals surface area contributed by atoms with Crippen LogP contribution in [0.15, 0.2) is 66.7 Å². The molecule has 1 aromatic heterocycles. The smallest absolute Gasteiger partial charge is 0.309 e. The second kappa shape index (κ2) is 5.38. The largest absolute Gasteiger partial charge is 0.418 e. The lowest BCUT2D eigenvalue weighted by molar-refractivity contribution is -0.137. The van der Waals surface area contributed by atoms with Crippen molar-refractivity contribution in [3.8, 4) is 11.8 Å². The van der Waals surface area contributed by atoms with Crippen LogP contribution in [0.3, 0.4) is 0 Å². The van der Waals surface area contributed by atoms with Crippen molar-refractivity contribution in [3.05, 3.63) is 77.9 Å². The molecule has 0 N–H and O–H groups in total. The van der Waals surface area contributed by atoms with Crippen molar-refractivity contribution in [3.63, 3.8) is 0 Å². The molecule has 0 aliphatic rings. The third kappa shape index (κ3) is 2.34. The quantitative estimate of drug-likeness (QED) is 0.440. The Morgan fingerprint density at radius 2 is 1.36 bits per heavy atom. The summed E-state index contributed by atoms with van der Waals surface area (Å²) in [6.45, 7) is 0. The molecule has 0 aliphatic carbocycles. The number of rotatable bonds is 1. The third-order valence-electron chi connectivity index (χ3n) is 4.25. The average molecular weight is 336 g/mol. The molecule has 0 unspecified atom stereocenters. The highest BCUT2D eigenvalue weighted by Crippen LogP contribution is 2.38. The van der Waals surface area contributed by atoms with Gasteiger partial charge in [0.25, 0.3) is 0 Å². The second-order valence-corrected chi connectivity index (χ2v) is 5.71. The van der Waals surface area contributed by atoms with Gasteiger partial charge in [-0.05, 0) is 30.3 Å². The van der Waals surface area contributed by atoms with Crippen molar-refractivity contribution in [2.45, 2.75) is 6.18 Å². The van der Waals surface area contributed by atoms with Crippen LogP contribution in [0.25, 0.3) is 27.5 Å². The number of aromatic nitrogens is 1. The molecule has 3 aromatic carbocycles. The Morgan fingerprint density at radius 1 is 0.800 bits per heavy atom. The third-order valence-corrected chi connectivity index (χ3v) is 4.25. The maximum atomic E-state index is 13.6. The van der Waals surface area contributed by atoms with Crippen LogP contribution in [0.4, 0.5) is 13.2 Å². The zero-order chi connectivity index (χ0) is 17.6. The Kier molecular flexibility index (Phi) is 3.29. The van der Waals surface area contributed by atoms with Crippen LogP contribution in [0.1, 0.15) is 11.1 Å². The summed E-state index contributed by atoms with van der Waals surface area (Å²) in [6, 6.07) is 20.0. The molecule has 122 valence electrons. The predicted octanol–water partition coefficient (Wildman–Crippen LogP) is 5.67. The fraction of sp³-hybridized carbons (Fsp3) is 0.0500. The van der Waals surface area contributed by atoms with E-state index in [0.29, 0.717) is 11.0 Å². The van der Waals surface area contributed by atoms with Gasteiger partial charge in [-0.3, -0.25) is 0 Å². The van der Waals surface area contributed by atoms with Gasteiger partial charge in [0.15, 0.2) is 0 Å². The lowest BCUT2D eigenvalue weighted by Crippen LogP contribution is -2.11. The van der Waals surface area contributed by atoms with E-state index in [1.54, 1.807) is 28.8 Å². The summed E-state index contributed by atoms with van der Waals surface area (Å²) in [7, 11) is 0. The summed E-state index contributed by atoms with van der Waals surface area (Å²) in [5, 5.41) is 10.9. The van der Waals surface area contributed by atoms with E-state index in [9.17, 15) is 13.2 Å². The summed E-state index contributed by atoms with van der Waals surface area (Å²) in [5.74, 6) is 0. The molecule has 4 aromatic rings. The monoisotopic (exact) mass is 336 g/mol. The van der Waals surface area contributed by atoms with Gasteiger partial charge in [-0.2, -0.15) is 18.4 Å². The van der Waals surface area contributed by atoms with Gasteiger partial charge < -0.3 is 4.57 Å². The Hall–Kier alpha value is -3.26. The van der Waals surface area contributed by atoms with Gasteiger partial charge >= 0.3 is 6.18 Å². The molecule has 0 saturated carbocycles. The van der Waals surface area contributed by atoms with Crippen LogP contribution < -0.4 is 0 Å². The van der Waals surface area contributed by atoms with Gasteiger partial charge in [0.05, 0.1) is 33.9 Å². The van der Waals surface area contributed by atoms with Crippen molar-refractivity contribution in [1.29, 1.82) is 5.26 Å². The van der Waals surface area contributed by atoms with E-state index < -0.39 is 11.7 Å². The molecule has 0 spiro atoms. The number of fused-ring (bicyclic) bond motifs is 3. The van der Waals surface area contributed by atoms with Crippen molar-refractivity contribution in [2.24, 2.45) is 0 Å². The number of para-hydroxylation sites is 2. The van der Waals surface area contributed by atoms with Crippen LogP contribution in [-0.4, -0.2) is 4.57 Å². The molecular weight excluding hydrogens is 325 g/mol. The number of benzene rings is 3. The Balaban J connectivity index is 2.20. The highest BCUT2D eigenvalue weighted by atomic mass is 19.4. The van der Waals surface area contributed by atoms with Gasteiger partial charge in [-0.15, -0.1) is 0 Å². The highest BCUT2D eigenvalue weighted by Gasteiger charge is 2.34. The molecule has 2 nitrogen and oxygen atoms in total. The van der Waals surface area contributed by atoms with Crippen LogP contribution >= 0.6 is 0 Å². The average Bonchev–Trinajstić information content (AvgIpc) is 2.95. The van der Waals surface area contributed by atoms with Crippen LogP contribution in [0.2, 0.25) is 0 Å². The zero-order valence-electron chi connectivity index (χ0n) is 12.9. The summed E-state index contributed by atoms with van der Waals surface area (Å²) in [4.78, 5) is 0. The minimum Gasteiger partial charge on any atom is -0.309 e. The molecule has 0 radical (unpaired) electrons. The van der Waals surface area contributed by atoms with Gasteiger partial charge in [0.1, 0.15) is 0 Å². The molecule has 0 bridgehead atoms. The number of halogens is 3. The van der Waals surface area contributed by atoms with E-state index in [4.69, 9.17) is 5.26 Å². The highest BCUT2D eigenvalue weighted by molar-refractivity contribution is 6.09. The number of hydrogen-bond acceptors (Lipinski definition) is 1. The first-order valence-corrected chi connectivity index (χ1v) is 7.60. The Labute approximate surface area is 141 Å². The van der Waals surface area contributed by atoms with Gasteiger partial charge in [0, 0.05) is 10.8 Å². The maximum absolute atomic E-state index is 13.6. The minimum absolute atomic E-state index is 0.0380. The molecule has 0 aliphatic heterocycles. The number of hydrogen-bond donors (Lipinski definition) is 0. The first kappa shape index (κ1) is 15.3. The number of alkyl halides is 3. The second-order valence-electron chi connectivity index (χ2n) is 5.71. The summed E-state index contributed by atoms with van der Waals surface area (Å²) in [6.07, 6.45) is -4.52. The van der Waals surface area contributed by atoms with Gasteiger partial charge in [-0.25, -0.2) is 0 Å². The number of nitriles is 1. The topological polar surface area (TPSA) is 28.7 Å². The molecule has 5 heteroatoms. The molecule has 0 amide bonds. The maximum Gasteiger partial charge on any atom is 0.418 e. The molecule has 1 heterocycles. The predicted molar refractivity (Wildman–Crippen MR) is 90.5 cm³/mol. The molecule has 0 atom stereocenters. The van der Waals surface area contributed by atoms with Gasteiger partial charge in [-0.1, -0.05) is 36.4 Å². The summed E-state index contributed by atoms with van der Waals surface area (Å²) < 4.78 is 42.3. The first-order chi connectivity index (χ1) is 12.0. The molecular formula is C20H11F3N2. The number of nitrogens with zero attached hydrogens (tertiary/aromatic N) is 2. The van der Waals surface area contributed by atoms with Crippen LogP contribution in [0.5, 0.6) is 0 Å². The van der Waals surface area contributed by atoms with Gasteiger partial charge in [0.2, 0.25) is 0 Å². The zero-order valence-corrected chi connectivity index (χ0v) is 12.9. The minimum atomic E-state index is -4.52. The van der Waals surface area contributed by atoms with E-state index >= 15 is 0 Å². The van der Waals surface area contributed by atoms with Crippen molar-refractivity contribution in [2.75, 3.05) is 0 Å². The SMILES string of the molecule is N#Cc1ccc(C(F)(F)F)c(-n2c3ccccc3c3ccccc32)c1. The fourth-order valence-electron chi connectivity index (χ4n) is 3.21. The molecule has 0 fully saturated rings.